The van der Waals surface area contributed by atoms with Crippen LogP contribution in [0.4, 0.5) is 4.39 Å². The standard InChI is InChI=1S/C13H13Cl2NO2S.C9H8FN/c1-13(12(17)18)7-19-11(16-13)6-5-8-9(14)3-2-4-10(8)15;1-6-4-7-2-3-8(10)5-9(7)11-6/h2-4H,5-7H2,1H3,(H,17,18);2-5,11H,1H3. The molecule has 0 spiro atoms. The highest BCUT2D eigenvalue weighted by Gasteiger charge is 2.37. The first kappa shape index (κ1) is 22.7. The van der Waals surface area contributed by atoms with Crippen molar-refractivity contribution in [2.24, 2.45) is 4.99 Å². The Hall–Kier alpha value is -2.02. The number of aromatic nitrogens is 1. The first-order valence-corrected chi connectivity index (χ1v) is 11.0. The topological polar surface area (TPSA) is 65.4 Å². The van der Waals surface area contributed by atoms with Gasteiger partial charge in [-0.25, -0.2) is 9.18 Å². The van der Waals surface area contributed by atoms with Gasteiger partial charge in [0, 0.05) is 27.0 Å². The Morgan fingerprint density at radius 3 is 2.57 bits per heavy atom. The number of aliphatic imine (C=N–C) groups is 1. The summed E-state index contributed by atoms with van der Waals surface area (Å²) in [5.41, 5.74) is 1.82. The summed E-state index contributed by atoms with van der Waals surface area (Å²) in [6, 6.07) is 12.1. The molecule has 1 aliphatic rings. The quantitative estimate of drug-likeness (QED) is 0.459. The van der Waals surface area contributed by atoms with E-state index in [1.165, 1.54) is 23.9 Å². The lowest BCUT2D eigenvalue weighted by molar-refractivity contribution is -0.141. The number of H-pyrrole nitrogens is 1. The number of carboxylic acid groups (broad SMARTS) is 1. The van der Waals surface area contributed by atoms with Crippen molar-refractivity contribution in [2.75, 3.05) is 5.75 Å². The third-order valence-corrected chi connectivity index (χ3v) is 6.77. The smallest absolute Gasteiger partial charge is 0.332 e. The Bertz CT molecular complexity index is 1100. The van der Waals surface area contributed by atoms with Gasteiger partial charge in [0.05, 0.1) is 5.04 Å². The molecule has 158 valence electrons. The molecule has 0 bridgehead atoms. The zero-order chi connectivity index (χ0) is 21.9. The molecular formula is C22H21Cl2FN2O2S. The molecule has 4 nitrogen and oxygen atoms in total. The third kappa shape index (κ3) is 5.36. The van der Waals surface area contributed by atoms with Crippen molar-refractivity contribution >= 4 is 56.9 Å². The number of aryl methyl sites for hydroxylation is 1. The van der Waals surface area contributed by atoms with Gasteiger partial charge in [-0.1, -0.05) is 29.3 Å². The van der Waals surface area contributed by atoms with E-state index >= 15 is 0 Å². The number of benzene rings is 2. The second kappa shape index (κ2) is 9.41. The summed E-state index contributed by atoms with van der Waals surface area (Å²) in [4.78, 5) is 18.4. The average molecular weight is 467 g/mol. The van der Waals surface area contributed by atoms with E-state index in [9.17, 15) is 9.18 Å². The van der Waals surface area contributed by atoms with Crippen molar-refractivity contribution in [3.8, 4) is 0 Å². The maximum Gasteiger partial charge on any atom is 0.332 e. The Balaban J connectivity index is 0.000000196. The summed E-state index contributed by atoms with van der Waals surface area (Å²) in [5.74, 6) is -0.599. The van der Waals surface area contributed by atoms with Gasteiger partial charge in [-0.15, -0.1) is 11.8 Å². The lowest BCUT2D eigenvalue weighted by Gasteiger charge is -2.11. The third-order valence-electron chi connectivity index (χ3n) is 4.72. The van der Waals surface area contributed by atoms with Gasteiger partial charge in [0.25, 0.3) is 0 Å². The van der Waals surface area contributed by atoms with Crippen molar-refractivity contribution < 1.29 is 14.3 Å². The number of halogens is 3. The van der Waals surface area contributed by atoms with Gasteiger partial charge in [-0.05, 0) is 74.0 Å². The van der Waals surface area contributed by atoms with E-state index in [4.69, 9.17) is 28.3 Å². The number of rotatable bonds is 4. The van der Waals surface area contributed by atoms with E-state index in [1.807, 2.05) is 13.0 Å². The van der Waals surface area contributed by atoms with Gasteiger partial charge < -0.3 is 10.1 Å². The maximum absolute atomic E-state index is 12.6. The molecule has 0 radical (unpaired) electrons. The summed E-state index contributed by atoms with van der Waals surface area (Å²) >= 11 is 13.7. The Morgan fingerprint density at radius 1 is 1.23 bits per heavy atom. The zero-order valence-electron chi connectivity index (χ0n) is 16.5. The van der Waals surface area contributed by atoms with E-state index < -0.39 is 11.5 Å². The molecule has 2 heterocycles. The number of hydrogen-bond acceptors (Lipinski definition) is 3. The van der Waals surface area contributed by atoms with Crippen molar-refractivity contribution in [2.45, 2.75) is 32.2 Å². The Labute approximate surface area is 188 Å². The molecule has 0 saturated heterocycles. The molecule has 2 N–H and O–H groups in total. The van der Waals surface area contributed by atoms with Crippen LogP contribution in [-0.2, 0) is 11.2 Å². The minimum Gasteiger partial charge on any atom is -0.479 e. The van der Waals surface area contributed by atoms with Gasteiger partial charge in [-0.2, -0.15) is 0 Å². The minimum absolute atomic E-state index is 0.195. The fourth-order valence-corrected chi connectivity index (χ4v) is 4.78. The number of fused-ring (bicyclic) bond motifs is 1. The van der Waals surface area contributed by atoms with Crippen LogP contribution < -0.4 is 0 Å². The number of nitrogens with zero attached hydrogens (tertiary/aromatic N) is 1. The molecule has 2 aromatic carbocycles. The van der Waals surface area contributed by atoms with E-state index in [0.717, 1.165) is 27.2 Å². The molecular weight excluding hydrogens is 446 g/mol. The van der Waals surface area contributed by atoms with Crippen LogP contribution in [0.3, 0.4) is 0 Å². The largest absolute Gasteiger partial charge is 0.479 e. The highest BCUT2D eigenvalue weighted by Crippen LogP contribution is 2.32. The molecule has 0 fully saturated rings. The normalized spacial score (nSPS) is 18.1. The average Bonchev–Trinajstić information content (AvgIpc) is 3.24. The molecule has 30 heavy (non-hydrogen) atoms. The fraction of sp³-hybridized carbons (Fsp3) is 0.273. The fourth-order valence-electron chi connectivity index (χ4n) is 3.05. The van der Waals surface area contributed by atoms with Crippen LogP contribution in [0, 0.1) is 12.7 Å². The van der Waals surface area contributed by atoms with E-state index in [2.05, 4.69) is 9.98 Å². The van der Waals surface area contributed by atoms with Crippen LogP contribution >= 0.6 is 35.0 Å². The van der Waals surface area contributed by atoms with Gasteiger partial charge in [0.15, 0.2) is 5.54 Å². The molecule has 0 amide bonds. The first-order chi connectivity index (χ1) is 14.2. The van der Waals surface area contributed by atoms with Crippen LogP contribution in [0.2, 0.25) is 10.0 Å². The number of aromatic amines is 1. The van der Waals surface area contributed by atoms with Crippen LogP contribution in [-0.4, -0.2) is 32.4 Å². The van der Waals surface area contributed by atoms with Gasteiger partial charge in [0.1, 0.15) is 5.82 Å². The predicted molar refractivity (Wildman–Crippen MR) is 124 cm³/mol. The molecule has 3 aromatic rings. The molecule has 1 aromatic heterocycles. The lowest BCUT2D eigenvalue weighted by Crippen LogP contribution is -2.33. The highest BCUT2D eigenvalue weighted by atomic mass is 35.5. The minimum atomic E-state index is -0.996. The number of aliphatic carboxylic acids is 1. The zero-order valence-corrected chi connectivity index (χ0v) is 18.8. The summed E-state index contributed by atoms with van der Waals surface area (Å²) in [5, 5.41) is 12.3. The van der Waals surface area contributed by atoms with Crippen molar-refractivity contribution in [3.05, 3.63) is 69.6 Å². The summed E-state index contributed by atoms with van der Waals surface area (Å²) in [7, 11) is 0. The monoisotopic (exact) mass is 466 g/mol. The van der Waals surface area contributed by atoms with Crippen molar-refractivity contribution in [1.82, 2.24) is 4.98 Å². The van der Waals surface area contributed by atoms with E-state index in [-0.39, 0.29) is 5.82 Å². The predicted octanol–water partition coefficient (Wildman–Crippen LogP) is 6.53. The lowest BCUT2D eigenvalue weighted by atomic mass is 10.1. The van der Waals surface area contributed by atoms with E-state index in [1.54, 1.807) is 31.2 Å². The van der Waals surface area contributed by atoms with Crippen LogP contribution in [0.25, 0.3) is 10.9 Å². The summed E-state index contributed by atoms with van der Waals surface area (Å²) in [6.45, 7) is 3.59. The van der Waals surface area contributed by atoms with Crippen LogP contribution in [0.1, 0.15) is 24.6 Å². The molecule has 1 atom stereocenters. The Kier molecular flexibility index (Phi) is 7.11. The molecule has 1 unspecified atom stereocenters. The molecule has 0 saturated carbocycles. The second-order valence-electron chi connectivity index (χ2n) is 7.26. The van der Waals surface area contributed by atoms with E-state index in [0.29, 0.717) is 28.6 Å². The number of carbonyl (C=O) groups is 1. The number of nitrogens with one attached hydrogen (secondary N) is 1. The molecule has 0 aliphatic carbocycles. The number of thioether (sulfide) groups is 1. The van der Waals surface area contributed by atoms with Gasteiger partial charge >= 0.3 is 5.97 Å². The highest BCUT2D eigenvalue weighted by molar-refractivity contribution is 8.14. The molecule has 8 heteroatoms. The SMILES string of the molecule is CC1(C(=O)O)CSC(CCc2c(Cl)cccc2Cl)=N1.Cc1cc2ccc(F)cc2[nH]1. The van der Waals surface area contributed by atoms with Gasteiger partial charge in [-0.3, -0.25) is 4.99 Å². The first-order valence-electron chi connectivity index (χ1n) is 9.30. The molecule has 4 rings (SSSR count). The maximum atomic E-state index is 12.6. The Morgan fingerprint density at radius 2 is 1.93 bits per heavy atom. The van der Waals surface area contributed by atoms with Gasteiger partial charge in [0.2, 0.25) is 0 Å². The summed E-state index contributed by atoms with van der Waals surface area (Å²) in [6.07, 6.45) is 1.33. The second-order valence-corrected chi connectivity index (χ2v) is 9.12. The number of carboxylic acids is 1. The molecule has 1 aliphatic heterocycles. The van der Waals surface area contributed by atoms with Crippen LogP contribution in [0.5, 0.6) is 0 Å². The van der Waals surface area contributed by atoms with Crippen molar-refractivity contribution in [1.29, 1.82) is 0 Å². The summed E-state index contributed by atoms with van der Waals surface area (Å²) < 4.78 is 12.6. The number of hydrogen-bond donors (Lipinski definition) is 2. The van der Waals surface area contributed by atoms with Crippen molar-refractivity contribution in [3.63, 3.8) is 0 Å². The van der Waals surface area contributed by atoms with Crippen LogP contribution in [0.15, 0.2) is 47.5 Å².